The minimum atomic E-state index is -0.659. The van der Waals surface area contributed by atoms with Gasteiger partial charge in [0.15, 0.2) is 0 Å². The van der Waals surface area contributed by atoms with E-state index >= 15 is 0 Å². The van der Waals surface area contributed by atoms with Crippen molar-refractivity contribution in [1.82, 2.24) is 9.97 Å². The summed E-state index contributed by atoms with van der Waals surface area (Å²) in [6.45, 7) is 0.484. The van der Waals surface area contributed by atoms with Gasteiger partial charge in [-0.2, -0.15) is 11.8 Å². The zero-order valence-electron chi connectivity index (χ0n) is 12.5. The third kappa shape index (κ3) is 2.92. The molecular formula is C17H17N3O2S. The fourth-order valence-electron chi connectivity index (χ4n) is 2.73. The van der Waals surface area contributed by atoms with E-state index < -0.39 is 5.60 Å². The van der Waals surface area contributed by atoms with Crippen LogP contribution in [-0.2, 0) is 0 Å². The van der Waals surface area contributed by atoms with Gasteiger partial charge in [0.1, 0.15) is 17.9 Å². The predicted octanol–water partition coefficient (Wildman–Crippen LogP) is 3.17. The van der Waals surface area contributed by atoms with Crippen molar-refractivity contribution in [3.63, 3.8) is 0 Å². The first-order valence-corrected chi connectivity index (χ1v) is 8.73. The number of nitrogens with one attached hydrogen (secondary N) is 1. The Labute approximate surface area is 138 Å². The lowest BCUT2D eigenvalue weighted by Gasteiger charge is -2.21. The van der Waals surface area contributed by atoms with Crippen molar-refractivity contribution in [3.8, 4) is 11.3 Å². The van der Waals surface area contributed by atoms with Gasteiger partial charge in [-0.25, -0.2) is 9.97 Å². The van der Waals surface area contributed by atoms with Crippen LogP contribution in [0.2, 0.25) is 0 Å². The topological polar surface area (TPSA) is 71.2 Å². The van der Waals surface area contributed by atoms with Gasteiger partial charge >= 0.3 is 0 Å². The molecule has 23 heavy (non-hydrogen) atoms. The van der Waals surface area contributed by atoms with E-state index in [1.165, 1.54) is 6.33 Å². The zero-order valence-corrected chi connectivity index (χ0v) is 13.3. The van der Waals surface area contributed by atoms with Gasteiger partial charge in [-0.1, -0.05) is 30.3 Å². The monoisotopic (exact) mass is 327 g/mol. The lowest BCUT2D eigenvalue weighted by atomic mass is 10.0. The molecule has 1 aliphatic heterocycles. The number of nitrogens with zero attached hydrogens (tertiary/aromatic N) is 2. The molecule has 6 heteroatoms. The molecule has 3 aromatic rings. The van der Waals surface area contributed by atoms with Crippen molar-refractivity contribution >= 4 is 28.7 Å². The number of rotatable bonds is 4. The molecule has 4 rings (SSSR count). The first kappa shape index (κ1) is 14.5. The quantitative estimate of drug-likeness (QED) is 0.767. The van der Waals surface area contributed by atoms with Crippen LogP contribution < -0.4 is 5.32 Å². The van der Waals surface area contributed by atoms with Crippen molar-refractivity contribution in [2.75, 3.05) is 23.4 Å². The molecular weight excluding hydrogens is 310 g/mol. The molecule has 0 bridgehead atoms. The Balaban J connectivity index is 1.64. The van der Waals surface area contributed by atoms with E-state index in [1.54, 1.807) is 11.8 Å². The van der Waals surface area contributed by atoms with E-state index in [1.807, 2.05) is 36.4 Å². The molecule has 0 spiro atoms. The van der Waals surface area contributed by atoms with Gasteiger partial charge in [0.25, 0.3) is 0 Å². The number of benzene rings is 1. The average Bonchev–Trinajstić information content (AvgIpc) is 3.21. The van der Waals surface area contributed by atoms with E-state index in [0.717, 1.165) is 34.6 Å². The molecule has 0 amide bonds. The molecule has 1 saturated heterocycles. The minimum Gasteiger partial charge on any atom is -0.438 e. The standard InChI is InChI=1S/C17H17N3O2S/c21-17(6-7-23-10-17)9-18-15-13-8-14(12-4-2-1-3-5-12)22-16(13)20-11-19-15/h1-5,8,11,21H,6-7,9-10H2,(H,18,19,20). The first-order valence-electron chi connectivity index (χ1n) is 7.58. The molecule has 1 fully saturated rings. The maximum absolute atomic E-state index is 10.5. The lowest BCUT2D eigenvalue weighted by molar-refractivity contribution is 0.0819. The van der Waals surface area contributed by atoms with Crippen LogP contribution in [0.15, 0.2) is 47.1 Å². The first-order chi connectivity index (χ1) is 11.2. The van der Waals surface area contributed by atoms with Gasteiger partial charge in [0.05, 0.1) is 11.0 Å². The van der Waals surface area contributed by atoms with Crippen molar-refractivity contribution in [3.05, 3.63) is 42.7 Å². The van der Waals surface area contributed by atoms with Gasteiger partial charge < -0.3 is 14.8 Å². The Bertz CT molecular complexity index is 813. The Kier molecular flexibility index (Phi) is 3.71. The number of fused-ring (bicyclic) bond motifs is 1. The van der Waals surface area contributed by atoms with Crippen LogP contribution in [0.25, 0.3) is 22.4 Å². The van der Waals surface area contributed by atoms with Crippen molar-refractivity contribution in [2.24, 2.45) is 0 Å². The van der Waals surface area contributed by atoms with E-state index in [-0.39, 0.29) is 0 Å². The summed E-state index contributed by atoms with van der Waals surface area (Å²) >= 11 is 1.78. The van der Waals surface area contributed by atoms with Gasteiger partial charge in [-0.05, 0) is 18.2 Å². The molecule has 0 radical (unpaired) electrons. The largest absolute Gasteiger partial charge is 0.438 e. The van der Waals surface area contributed by atoms with E-state index in [4.69, 9.17) is 4.42 Å². The van der Waals surface area contributed by atoms with E-state index in [2.05, 4.69) is 15.3 Å². The average molecular weight is 327 g/mol. The Morgan fingerprint density at radius 3 is 2.91 bits per heavy atom. The van der Waals surface area contributed by atoms with Crippen LogP contribution in [0.5, 0.6) is 0 Å². The second-order valence-corrected chi connectivity index (χ2v) is 6.90. The van der Waals surface area contributed by atoms with E-state index in [9.17, 15) is 5.11 Å². The summed E-state index contributed by atoms with van der Waals surface area (Å²) < 4.78 is 5.83. The third-order valence-electron chi connectivity index (χ3n) is 4.06. The van der Waals surface area contributed by atoms with Crippen LogP contribution in [0.1, 0.15) is 6.42 Å². The lowest BCUT2D eigenvalue weighted by Crippen LogP contribution is -2.36. The minimum absolute atomic E-state index is 0.484. The molecule has 5 nitrogen and oxygen atoms in total. The maximum Gasteiger partial charge on any atom is 0.231 e. The molecule has 1 aromatic carbocycles. The highest BCUT2D eigenvalue weighted by Crippen LogP contribution is 2.31. The maximum atomic E-state index is 10.5. The van der Waals surface area contributed by atoms with Gasteiger partial charge in [0.2, 0.25) is 5.71 Å². The molecule has 3 heterocycles. The number of anilines is 1. The van der Waals surface area contributed by atoms with E-state index in [0.29, 0.717) is 18.1 Å². The third-order valence-corrected chi connectivity index (χ3v) is 5.29. The summed E-state index contributed by atoms with van der Waals surface area (Å²) in [6.07, 6.45) is 2.29. The molecule has 0 saturated carbocycles. The highest BCUT2D eigenvalue weighted by Gasteiger charge is 2.31. The smallest absolute Gasteiger partial charge is 0.231 e. The number of aliphatic hydroxyl groups is 1. The summed E-state index contributed by atoms with van der Waals surface area (Å²) in [6, 6.07) is 11.9. The fourth-order valence-corrected chi connectivity index (χ4v) is 4.02. The van der Waals surface area contributed by atoms with Crippen LogP contribution in [0.4, 0.5) is 5.82 Å². The molecule has 1 atom stereocenters. The number of thioether (sulfide) groups is 1. The highest BCUT2D eigenvalue weighted by molar-refractivity contribution is 7.99. The predicted molar refractivity (Wildman–Crippen MR) is 92.6 cm³/mol. The Morgan fingerprint density at radius 2 is 2.13 bits per heavy atom. The van der Waals surface area contributed by atoms with Gasteiger partial charge in [0, 0.05) is 17.9 Å². The Hall–Kier alpha value is -2.05. The SMILES string of the molecule is OC1(CNc2ncnc3oc(-c4ccccc4)cc23)CCSC1. The number of hydrogen-bond acceptors (Lipinski definition) is 6. The highest BCUT2D eigenvalue weighted by atomic mass is 32.2. The molecule has 1 aliphatic rings. The molecule has 0 aliphatic carbocycles. The molecule has 1 unspecified atom stereocenters. The van der Waals surface area contributed by atoms with Crippen LogP contribution >= 0.6 is 11.8 Å². The Morgan fingerprint density at radius 1 is 1.26 bits per heavy atom. The summed E-state index contributed by atoms with van der Waals surface area (Å²) in [5.41, 5.74) is 0.893. The van der Waals surface area contributed by atoms with Gasteiger partial charge in [-0.3, -0.25) is 0 Å². The molecule has 118 valence electrons. The van der Waals surface area contributed by atoms with Gasteiger partial charge in [-0.15, -0.1) is 0 Å². The summed E-state index contributed by atoms with van der Waals surface area (Å²) in [5, 5.41) is 14.6. The number of hydrogen-bond donors (Lipinski definition) is 2. The van der Waals surface area contributed by atoms with Crippen molar-refractivity contribution < 1.29 is 9.52 Å². The normalized spacial score (nSPS) is 20.9. The van der Waals surface area contributed by atoms with Crippen LogP contribution in [0.3, 0.4) is 0 Å². The summed E-state index contributed by atoms with van der Waals surface area (Å²) in [7, 11) is 0. The van der Waals surface area contributed by atoms with Crippen LogP contribution in [-0.4, -0.2) is 38.7 Å². The molecule has 2 N–H and O–H groups in total. The second kappa shape index (κ2) is 5.86. The van der Waals surface area contributed by atoms with Crippen LogP contribution in [0, 0.1) is 0 Å². The zero-order chi connectivity index (χ0) is 15.7. The molecule has 2 aromatic heterocycles. The number of aromatic nitrogens is 2. The number of furan rings is 1. The second-order valence-electron chi connectivity index (χ2n) is 5.80. The fraction of sp³-hybridized carbons (Fsp3) is 0.294. The van der Waals surface area contributed by atoms with Crippen molar-refractivity contribution in [2.45, 2.75) is 12.0 Å². The van der Waals surface area contributed by atoms with Crippen molar-refractivity contribution in [1.29, 1.82) is 0 Å². The summed E-state index contributed by atoms with van der Waals surface area (Å²) in [5.74, 6) is 3.22. The summed E-state index contributed by atoms with van der Waals surface area (Å²) in [4.78, 5) is 8.51.